The minimum atomic E-state index is -0.537. The molecule has 0 N–H and O–H groups in total. The molecule has 0 aromatic carbocycles. The van der Waals surface area contributed by atoms with Crippen LogP contribution in [-0.4, -0.2) is 37.9 Å². The molecule has 0 radical (unpaired) electrons. The predicted molar refractivity (Wildman–Crippen MR) is 298 cm³/mol. The standard InChI is InChI=1S/C63H118O5/c1-4-7-10-13-16-19-22-25-28-30-32-34-36-38-41-44-47-50-53-56-62(64)67-60-61(59-66-58-55-52-49-46-43-40-27-24-21-18-15-12-9-6-3)68-63(65)57-54-51-48-45-42-39-37-35-33-31-29-26-23-20-17-14-11-8-5-2/h16,19,21,24-25,28,61H,4-15,17-18,20,22-23,26-27,29-60H2,1-3H3/b19-16-,24-21-,28-25-. The molecule has 0 saturated heterocycles. The number of carbonyl (C=O) groups excluding carboxylic acids is 2. The Morgan fingerprint density at radius 1 is 0.324 bits per heavy atom. The maximum Gasteiger partial charge on any atom is 0.306 e. The molecule has 0 heterocycles. The number of hydrogen-bond donors (Lipinski definition) is 0. The molecule has 0 aliphatic rings. The van der Waals surface area contributed by atoms with E-state index in [0.717, 1.165) is 44.9 Å². The molecule has 0 rings (SSSR count). The van der Waals surface area contributed by atoms with Crippen LogP contribution in [0.1, 0.15) is 329 Å². The van der Waals surface area contributed by atoms with Crippen molar-refractivity contribution in [2.24, 2.45) is 0 Å². The summed E-state index contributed by atoms with van der Waals surface area (Å²) in [5.41, 5.74) is 0. The van der Waals surface area contributed by atoms with Crippen molar-refractivity contribution in [3.05, 3.63) is 36.5 Å². The van der Waals surface area contributed by atoms with Crippen LogP contribution in [-0.2, 0) is 23.8 Å². The molecule has 0 saturated carbocycles. The number of unbranched alkanes of at least 4 members (excludes halogenated alkanes) is 40. The average Bonchev–Trinajstić information content (AvgIpc) is 3.34. The van der Waals surface area contributed by atoms with Crippen LogP contribution in [0.2, 0.25) is 0 Å². The first kappa shape index (κ1) is 66.1. The fourth-order valence-electron chi connectivity index (χ4n) is 9.07. The molecule has 0 aliphatic heterocycles. The highest BCUT2D eigenvalue weighted by molar-refractivity contribution is 5.70. The minimum Gasteiger partial charge on any atom is -0.462 e. The van der Waals surface area contributed by atoms with E-state index in [1.54, 1.807) is 0 Å². The van der Waals surface area contributed by atoms with Gasteiger partial charge in [-0.25, -0.2) is 0 Å². The Labute approximate surface area is 425 Å². The van der Waals surface area contributed by atoms with Crippen molar-refractivity contribution in [2.45, 2.75) is 335 Å². The van der Waals surface area contributed by atoms with E-state index in [9.17, 15) is 9.59 Å². The lowest BCUT2D eigenvalue weighted by atomic mass is 10.0. The zero-order valence-corrected chi connectivity index (χ0v) is 46.1. The average molecular weight is 956 g/mol. The molecular weight excluding hydrogens is 837 g/mol. The highest BCUT2D eigenvalue weighted by atomic mass is 16.6. The molecule has 5 heteroatoms. The SMILES string of the molecule is CCCCC/C=C\C/C=C\CCCCCCCCCCCC(=O)OCC(COCCCCCCCC/C=C\CCCCCC)OC(=O)CCCCCCCCCCCCCCCCCCCCC. The first-order valence-electron chi connectivity index (χ1n) is 30.5. The summed E-state index contributed by atoms with van der Waals surface area (Å²) in [4.78, 5) is 25.6. The molecule has 400 valence electrons. The van der Waals surface area contributed by atoms with Gasteiger partial charge in [-0.15, -0.1) is 0 Å². The molecule has 0 fully saturated rings. The Kier molecular flexibility index (Phi) is 57.8. The lowest BCUT2D eigenvalue weighted by Gasteiger charge is -2.18. The topological polar surface area (TPSA) is 61.8 Å². The number of esters is 2. The molecule has 5 nitrogen and oxygen atoms in total. The lowest BCUT2D eigenvalue weighted by Crippen LogP contribution is -2.30. The van der Waals surface area contributed by atoms with Crippen molar-refractivity contribution < 1.29 is 23.8 Å². The van der Waals surface area contributed by atoms with E-state index in [4.69, 9.17) is 14.2 Å². The zero-order chi connectivity index (χ0) is 49.2. The smallest absolute Gasteiger partial charge is 0.306 e. The van der Waals surface area contributed by atoms with E-state index in [-0.39, 0.29) is 25.2 Å². The monoisotopic (exact) mass is 955 g/mol. The molecule has 0 aliphatic carbocycles. The summed E-state index contributed by atoms with van der Waals surface area (Å²) in [6, 6.07) is 0. The fraction of sp³-hybridized carbons (Fsp3) is 0.873. The van der Waals surface area contributed by atoms with Gasteiger partial charge in [0.05, 0.1) is 6.61 Å². The number of carbonyl (C=O) groups is 2. The summed E-state index contributed by atoms with van der Waals surface area (Å²) < 4.78 is 17.5. The Hall–Kier alpha value is -1.88. The highest BCUT2D eigenvalue weighted by Crippen LogP contribution is 2.17. The van der Waals surface area contributed by atoms with Crippen molar-refractivity contribution >= 4 is 11.9 Å². The second-order valence-electron chi connectivity index (χ2n) is 20.6. The van der Waals surface area contributed by atoms with E-state index >= 15 is 0 Å². The van der Waals surface area contributed by atoms with Crippen molar-refractivity contribution in [3.63, 3.8) is 0 Å². The van der Waals surface area contributed by atoms with Crippen molar-refractivity contribution in [1.82, 2.24) is 0 Å². The van der Waals surface area contributed by atoms with Gasteiger partial charge in [-0.2, -0.15) is 0 Å². The van der Waals surface area contributed by atoms with Gasteiger partial charge in [0.15, 0.2) is 6.10 Å². The van der Waals surface area contributed by atoms with Gasteiger partial charge in [-0.05, 0) is 77.0 Å². The van der Waals surface area contributed by atoms with Crippen LogP contribution in [0.4, 0.5) is 0 Å². The molecule has 1 atom stereocenters. The summed E-state index contributed by atoms with van der Waals surface area (Å²) >= 11 is 0. The third kappa shape index (κ3) is 56.7. The number of rotatable bonds is 57. The van der Waals surface area contributed by atoms with Gasteiger partial charge >= 0.3 is 11.9 Å². The predicted octanol–water partition coefficient (Wildman–Crippen LogP) is 20.9. The minimum absolute atomic E-state index is 0.0862. The van der Waals surface area contributed by atoms with Gasteiger partial charge in [0.1, 0.15) is 6.61 Å². The summed E-state index contributed by atoms with van der Waals surface area (Å²) in [5, 5.41) is 0. The summed E-state index contributed by atoms with van der Waals surface area (Å²) in [5.74, 6) is -0.384. The van der Waals surface area contributed by atoms with Crippen molar-refractivity contribution in [2.75, 3.05) is 19.8 Å². The van der Waals surface area contributed by atoms with Gasteiger partial charge < -0.3 is 14.2 Å². The van der Waals surface area contributed by atoms with Crippen LogP contribution in [0.3, 0.4) is 0 Å². The number of hydrogen-bond acceptors (Lipinski definition) is 5. The Morgan fingerprint density at radius 2 is 0.618 bits per heavy atom. The van der Waals surface area contributed by atoms with E-state index in [0.29, 0.717) is 19.4 Å². The fourth-order valence-corrected chi connectivity index (χ4v) is 9.07. The quantitative estimate of drug-likeness (QED) is 0.0345. The molecule has 0 aromatic heterocycles. The molecule has 0 bridgehead atoms. The zero-order valence-electron chi connectivity index (χ0n) is 46.1. The normalized spacial score (nSPS) is 12.3. The van der Waals surface area contributed by atoms with Gasteiger partial charge in [0.2, 0.25) is 0 Å². The molecular formula is C63H118O5. The Morgan fingerprint density at radius 3 is 1.03 bits per heavy atom. The van der Waals surface area contributed by atoms with Gasteiger partial charge in [-0.1, -0.05) is 276 Å². The number of allylic oxidation sites excluding steroid dienone is 6. The Bertz CT molecular complexity index is 1080. The van der Waals surface area contributed by atoms with Crippen LogP contribution in [0.25, 0.3) is 0 Å². The second-order valence-corrected chi connectivity index (χ2v) is 20.6. The first-order chi connectivity index (χ1) is 33.6. The van der Waals surface area contributed by atoms with Gasteiger partial charge in [-0.3, -0.25) is 9.59 Å². The first-order valence-corrected chi connectivity index (χ1v) is 30.5. The van der Waals surface area contributed by atoms with Gasteiger partial charge in [0.25, 0.3) is 0 Å². The number of ether oxygens (including phenoxy) is 3. The summed E-state index contributed by atoms with van der Waals surface area (Å²) in [6.07, 6.45) is 73.1. The van der Waals surface area contributed by atoms with Crippen LogP contribution in [0.5, 0.6) is 0 Å². The van der Waals surface area contributed by atoms with E-state index in [2.05, 4.69) is 57.2 Å². The third-order valence-electron chi connectivity index (χ3n) is 13.6. The van der Waals surface area contributed by atoms with E-state index in [1.165, 1.54) is 250 Å². The second kappa shape index (κ2) is 59.4. The van der Waals surface area contributed by atoms with Crippen LogP contribution in [0, 0.1) is 0 Å². The van der Waals surface area contributed by atoms with Gasteiger partial charge in [0, 0.05) is 19.4 Å². The van der Waals surface area contributed by atoms with Crippen molar-refractivity contribution in [1.29, 1.82) is 0 Å². The van der Waals surface area contributed by atoms with E-state index in [1.807, 2.05) is 0 Å². The molecule has 0 spiro atoms. The van der Waals surface area contributed by atoms with Crippen molar-refractivity contribution in [3.8, 4) is 0 Å². The largest absolute Gasteiger partial charge is 0.462 e. The highest BCUT2D eigenvalue weighted by Gasteiger charge is 2.17. The Balaban J connectivity index is 4.21. The van der Waals surface area contributed by atoms with Crippen LogP contribution >= 0.6 is 0 Å². The maximum absolute atomic E-state index is 12.9. The van der Waals surface area contributed by atoms with E-state index < -0.39 is 6.10 Å². The van der Waals surface area contributed by atoms with Crippen LogP contribution in [0.15, 0.2) is 36.5 Å². The summed E-state index contributed by atoms with van der Waals surface area (Å²) in [7, 11) is 0. The van der Waals surface area contributed by atoms with Crippen LogP contribution < -0.4 is 0 Å². The molecule has 0 aromatic rings. The molecule has 1 unspecified atom stereocenters. The molecule has 68 heavy (non-hydrogen) atoms. The summed E-state index contributed by atoms with van der Waals surface area (Å²) in [6.45, 7) is 7.84. The molecule has 0 amide bonds. The maximum atomic E-state index is 12.9. The lowest BCUT2D eigenvalue weighted by molar-refractivity contribution is -0.163. The third-order valence-corrected chi connectivity index (χ3v) is 13.6.